The lowest BCUT2D eigenvalue weighted by Crippen LogP contribution is -2.34. The van der Waals surface area contributed by atoms with E-state index in [4.69, 9.17) is 11.6 Å². The van der Waals surface area contributed by atoms with E-state index >= 15 is 0 Å². The van der Waals surface area contributed by atoms with Gasteiger partial charge in [0.1, 0.15) is 0 Å². The van der Waals surface area contributed by atoms with Gasteiger partial charge in [0.15, 0.2) is 0 Å². The van der Waals surface area contributed by atoms with Crippen LogP contribution in [0.2, 0.25) is 5.02 Å². The highest BCUT2D eigenvalue weighted by molar-refractivity contribution is 6.31. The van der Waals surface area contributed by atoms with Gasteiger partial charge >= 0.3 is 0 Å². The van der Waals surface area contributed by atoms with Crippen molar-refractivity contribution in [3.05, 3.63) is 28.8 Å². The third-order valence-electron chi connectivity index (χ3n) is 2.73. The number of likely N-dealkylation sites (N-methyl/N-ethyl adjacent to an activating group) is 1. The van der Waals surface area contributed by atoms with Crippen molar-refractivity contribution >= 4 is 23.2 Å². The van der Waals surface area contributed by atoms with Crippen LogP contribution in [0.15, 0.2) is 18.2 Å². The van der Waals surface area contributed by atoms with Gasteiger partial charge in [0, 0.05) is 16.8 Å². The molecule has 0 atom stereocenters. The van der Waals surface area contributed by atoms with Crippen LogP contribution in [-0.2, 0) is 4.79 Å². The minimum Gasteiger partial charge on any atom is -0.325 e. The Balaban J connectivity index is 2.59. The van der Waals surface area contributed by atoms with Gasteiger partial charge in [-0.3, -0.25) is 9.69 Å². The normalized spacial score (nSPS) is 11.0. The van der Waals surface area contributed by atoms with E-state index in [1.54, 1.807) is 6.07 Å². The van der Waals surface area contributed by atoms with Crippen LogP contribution in [0.4, 0.5) is 5.69 Å². The summed E-state index contributed by atoms with van der Waals surface area (Å²) in [5.74, 6) is -0.0267. The van der Waals surface area contributed by atoms with Gasteiger partial charge in [-0.05, 0) is 45.5 Å². The number of halogens is 1. The predicted molar refractivity (Wildman–Crippen MR) is 72.6 cm³/mol. The van der Waals surface area contributed by atoms with Crippen LogP contribution in [0, 0.1) is 6.92 Å². The number of carbonyl (C=O) groups excluding carboxylic acids is 1. The Morgan fingerprint density at radius 2 is 2.12 bits per heavy atom. The van der Waals surface area contributed by atoms with Gasteiger partial charge in [0.25, 0.3) is 0 Å². The fourth-order valence-electron chi connectivity index (χ4n) is 1.28. The van der Waals surface area contributed by atoms with Gasteiger partial charge in [-0.1, -0.05) is 17.7 Å². The smallest absolute Gasteiger partial charge is 0.238 e. The quantitative estimate of drug-likeness (QED) is 0.896. The summed E-state index contributed by atoms with van der Waals surface area (Å²) >= 11 is 5.99. The van der Waals surface area contributed by atoms with E-state index < -0.39 is 0 Å². The number of benzene rings is 1. The fourth-order valence-corrected chi connectivity index (χ4v) is 1.46. The number of carbonyl (C=O) groups is 1. The average Bonchev–Trinajstić information content (AvgIpc) is 2.23. The lowest BCUT2D eigenvalue weighted by atomic mass is 10.2. The van der Waals surface area contributed by atoms with Crippen molar-refractivity contribution in [1.29, 1.82) is 0 Å². The highest BCUT2D eigenvalue weighted by atomic mass is 35.5. The first kappa shape index (κ1) is 14.0. The molecular formula is C13H19ClN2O. The number of hydrogen-bond acceptors (Lipinski definition) is 2. The SMILES string of the molecule is Cc1ccc(NC(=O)CN(C)C(C)C)cc1Cl. The van der Waals surface area contributed by atoms with E-state index in [1.807, 2.05) is 31.0 Å². The molecule has 0 fully saturated rings. The highest BCUT2D eigenvalue weighted by Gasteiger charge is 2.09. The van der Waals surface area contributed by atoms with E-state index in [-0.39, 0.29) is 5.91 Å². The molecule has 1 amide bonds. The number of nitrogens with zero attached hydrogens (tertiary/aromatic N) is 1. The van der Waals surface area contributed by atoms with Crippen molar-refractivity contribution in [2.45, 2.75) is 26.8 Å². The van der Waals surface area contributed by atoms with E-state index in [9.17, 15) is 4.79 Å². The van der Waals surface area contributed by atoms with Gasteiger partial charge in [-0.15, -0.1) is 0 Å². The Hall–Kier alpha value is -1.06. The zero-order chi connectivity index (χ0) is 13.0. The van der Waals surface area contributed by atoms with Crippen LogP contribution in [0.3, 0.4) is 0 Å². The van der Waals surface area contributed by atoms with E-state index in [0.29, 0.717) is 17.6 Å². The zero-order valence-corrected chi connectivity index (χ0v) is 11.5. The summed E-state index contributed by atoms with van der Waals surface area (Å²) < 4.78 is 0. The molecular weight excluding hydrogens is 236 g/mol. The van der Waals surface area contributed by atoms with Gasteiger partial charge in [0.05, 0.1) is 6.54 Å². The number of anilines is 1. The minimum absolute atomic E-state index is 0.0267. The third kappa shape index (κ3) is 4.36. The molecule has 3 nitrogen and oxygen atoms in total. The van der Waals surface area contributed by atoms with Gasteiger partial charge < -0.3 is 5.32 Å². The van der Waals surface area contributed by atoms with Crippen molar-refractivity contribution < 1.29 is 4.79 Å². The second-order valence-corrected chi connectivity index (χ2v) is 4.93. The Labute approximate surface area is 108 Å². The molecule has 0 aliphatic heterocycles. The van der Waals surface area contributed by atoms with Crippen LogP contribution in [0.1, 0.15) is 19.4 Å². The number of nitrogens with one attached hydrogen (secondary N) is 1. The van der Waals surface area contributed by atoms with Crippen molar-refractivity contribution in [2.24, 2.45) is 0 Å². The molecule has 0 aliphatic rings. The van der Waals surface area contributed by atoms with Crippen molar-refractivity contribution in [1.82, 2.24) is 4.90 Å². The van der Waals surface area contributed by atoms with E-state index in [1.165, 1.54) is 0 Å². The Morgan fingerprint density at radius 1 is 1.47 bits per heavy atom. The predicted octanol–water partition coefficient (Wildman–Crippen LogP) is 2.93. The molecule has 1 aromatic carbocycles. The van der Waals surface area contributed by atoms with Crippen LogP contribution >= 0.6 is 11.6 Å². The van der Waals surface area contributed by atoms with E-state index in [2.05, 4.69) is 19.2 Å². The maximum Gasteiger partial charge on any atom is 0.238 e. The monoisotopic (exact) mass is 254 g/mol. The lowest BCUT2D eigenvalue weighted by Gasteiger charge is -2.20. The first-order valence-electron chi connectivity index (χ1n) is 5.66. The van der Waals surface area contributed by atoms with E-state index in [0.717, 1.165) is 11.3 Å². The molecule has 4 heteroatoms. The van der Waals surface area contributed by atoms with Crippen molar-refractivity contribution in [3.63, 3.8) is 0 Å². The molecule has 0 spiro atoms. The molecule has 1 rings (SSSR count). The molecule has 0 aromatic heterocycles. The zero-order valence-electron chi connectivity index (χ0n) is 10.7. The molecule has 17 heavy (non-hydrogen) atoms. The molecule has 0 saturated heterocycles. The standard InChI is InChI=1S/C13H19ClN2O/c1-9(2)16(4)8-13(17)15-11-6-5-10(3)12(14)7-11/h5-7,9H,8H2,1-4H3,(H,15,17). The molecule has 0 unspecified atom stereocenters. The third-order valence-corrected chi connectivity index (χ3v) is 3.14. The summed E-state index contributed by atoms with van der Waals surface area (Å²) in [5, 5.41) is 3.50. The molecule has 0 aliphatic carbocycles. The number of aryl methyl sites for hydroxylation is 1. The largest absolute Gasteiger partial charge is 0.325 e. The number of amides is 1. The lowest BCUT2D eigenvalue weighted by molar-refractivity contribution is -0.117. The Kier molecular flexibility index (Phi) is 4.97. The summed E-state index contributed by atoms with van der Waals surface area (Å²) in [6.45, 7) is 6.41. The molecule has 94 valence electrons. The molecule has 1 aromatic rings. The molecule has 0 radical (unpaired) electrons. The van der Waals surface area contributed by atoms with Gasteiger partial charge in [0.2, 0.25) is 5.91 Å². The van der Waals surface area contributed by atoms with Crippen LogP contribution in [-0.4, -0.2) is 30.4 Å². The number of hydrogen-bond donors (Lipinski definition) is 1. The Bertz CT molecular complexity index is 404. The first-order valence-corrected chi connectivity index (χ1v) is 6.04. The number of rotatable bonds is 4. The summed E-state index contributed by atoms with van der Waals surface area (Å²) in [6, 6.07) is 5.87. The molecule has 1 N–H and O–H groups in total. The summed E-state index contributed by atoms with van der Waals surface area (Å²) in [4.78, 5) is 13.7. The maximum absolute atomic E-state index is 11.7. The van der Waals surface area contributed by atoms with Gasteiger partial charge in [-0.2, -0.15) is 0 Å². The fraction of sp³-hybridized carbons (Fsp3) is 0.462. The second kappa shape index (κ2) is 6.03. The summed E-state index contributed by atoms with van der Waals surface area (Å²) in [5.41, 5.74) is 1.74. The average molecular weight is 255 g/mol. The van der Waals surface area contributed by atoms with Gasteiger partial charge in [-0.25, -0.2) is 0 Å². The summed E-state index contributed by atoms with van der Waals surface area (Å²) in [7, 11) is 1.92. The van der Waals surface area contributed by atoms with Crippen LogP contribution in [0.25, 0.3) is 0 Å². The van der Waals surface area contributed by atoms with Crippen LogP contribution < -0.4 is 5.32 Å². The van der Waals surface area contributed by atoms with Crippen molar-refractivity contribution in [3.8, 4) is 0 Å². The second-order valence-electron chi connectivity index (χ2n) is 4.52. The highest BCUT2D eigenvalue weighted by Crippen LogP contribution is 2.19. The van der Waals surface area contributed by atoms with Crippen LogP contribution in [0.5, 0.6) is 0 Å². The topological polar surface area (TPSA) is 32.3 Å². The molecule has 0 saturated carbocycles. The first-order chi connectivity index (χ1) is 7.90. The Morgan fingerprint density at radius 3 is 2.65 bits per heavy atom. The molecule has 0 heterocycles. The summed E-state index contributed by atoms with van der Waals surface area (Å²) in [6.07, 6.45) is 0. The minimum atomic E-state index is -0.0267. The molecule has 0 bridgehead atoms. The van der Waals surface area contributed by atoms with Crippen molar-refractivity contribution in [2.75, 3.05) is 18.9 Å². The maximum atomic E-state index is 11.7.